The Labute approximate surface area is 99.4 Å². The van der Waals surface area contributed by atoms with E-state index in [1.54, 1.807) is 11.8 Å². The quantitative estimate of drug-likeness (QED) is 0.807. The van der Waals surface area contributed by atoms with Crippen molar-refractivity contribution < 1.29 is 9.53 Å². The molecule has 2 N–H and O–H groups in total. The van der Waals surface area contributed by atoms with Crippen LogP contribution in [0.2, 0.25) is 0 Å². The zero-order valence-electron chi connectivity index (χ0n) is 9.98. The van der Waals surface area contributed by atoms with E-state index in [0.717, 1.165) is 12.4 Å². The summed E-state index contributed by atoms with van der Waals surface area (Å²) in [6.45, 7) is 4.67. The number of anilines is 1. The van der Waals surface area contributed by atoms with E-state index in [1.165, 1.54) is 7.11 Å². The Morgan fingerprint density at radius 1 is 1.69 bits per heavy atom. The Kier molecular flexibility index (Phi) is 4.23. The average molecular weight is 243 g/mol. The van der Waals surface area contributed by atoms with Crippen LogP contribution in [0.4, 0.5) is 5.82 Å². The first-order chi connectivity index (χ1) is 7.51. The Balaban J connectivity index is 3.02. The van der Waals surface area contributed by atoms with Crippen LogP contribution in [-0.2, 0) is 11.3 Å². The highest BCUT2D eigenvalue weighted by Gasteiger charge is 2.19. The maximum absolute atomic E-state index is 11.4. The van der Waals surface area contributed by atoms with Crippen molar-refractivity contribution in [2.45, 2.75) is 25.6 Å². The van der Waals surface area contributed by atoms with Gasteiger partial charge in [0.1, 0.15) is 11.6 Å². The molecule has 0 saturated carbocycles. The van der Waals surface area contributed by atoms with E-state index in [1.807, 2.05) is 17.7 Å². The van der Waals surface area contributed by atoms with Crippen LogP contribution in [0.15, 0.2) is 0 Å². The van der Waals surface area contributed by atoms with Gasteiger partial charge in [-0.3, -0.25) is 0 Å². The first-order valence-electron chi connectivity index (χ1n) is 4.95. The lowest BCUT2D eigenvalue weighted by atomic mass is 10.4. The number of hydrogen-bond donors (Lipinski definition) is 1. The van der Waals surface area contributed by atoms with Crippen LogP contribution in [-0.4, -0.2) is 34.1 Å². The minimum Gasteiger partial charge on any atom is -0.464 e. The van der Waals surface area contributed by atoms with Crippen molar-refractivity contribution in [3.8, 4) is 0 Å². The monoisotopic (exact) mass is 243 g/mol. The van der Waals surface area contributed by atoms with Crippen LogP contribution in [0.1, 0.15) is 23.2 Å². The molecule has 6 heteroatoms. The largest absolute Gasteiger partial charge is 0.464 e. The number of nitrogen functional groups attached to an aromatic ring is 1. The zero-order chi connectivity index (χ0) is 12.3. The van der Waals surface area contributed by atoms with Crippen LogP contribution >= 0.6 is 11.8 Å². The smallest absolute Gasteiger partial charge is 0.360 e. The zero-order valence-corrected chi connectivity index (χ0v) is 10.8. The number of imidazole rings is 1. The maximum atomic E-state index is 11.4. The van der Waals surface area contributed by atoms with Gasteiger partial charge in [0.15, 0.2) is 5.69 Å². The highest BCUT2D eigenvalue weighted by atomic mass is 32.2. The molecule has 0 radical (unpaired) electrons. The second-order valence-corrected chi connectivity index (χ2v) is 4.82. The first-order valence-corrected chi connectivity index (χ1v) is 6.23. The standard InChI is InChI=1S/C10H17N3O2S/c1-6(16-4)5-13-7(2)12-8(9(13)11)10(14)15-3/h6H,5,11H2,1-4H3. The molecule has 0 aromatic carbocycles. The fourth-order valence-corrected chi connectivity index (χ4v) is 1.69. The van der Waals surface area contributed by atoms with Crippen LogP contribution < -0.4 is 5.73 Å². The number of hydrogen-bond acceptors (Lipinski definition) is 5. The molecule has 1 unspecified atom stereocenters. The summed E-state index contributed by atoms with van der Waals surface area (Å²) in [5, 5.41) is 0.417. The maximum Gasteiger partial charge on any atom is 0.360 e. The molecule has 1 atom stereocenters. The molecule has 0 fully saturated rings. The van der Waals surface area contributed by atoms with Crippen molar-refractivity contribution in [1.29, 1.82) is 0 Å². The topological polar surface area (TPSA) is 70.1 Å². The van der Waals surface area contributed by atoms with Crippen LogP contribution in [0, 0.1) is 6.92 Å². The number of nitrogens with two attached hydrogens (primary N) is 1. The third kappa shape index (κ3) is 2.49. The first kappa shape index (κ1) is 12.9. The van der Waals surface area contributed by atoms with Crippen molar-refractivity contribution in [3.05, 3.63) is 11.5 Å². The van der Waals surface area contributed by atoms with Crippen molar-refractivity contribution >= 4 is 23.5 Å². The number of ether oxygens (including phenoxy) is 1. The SMILES string of the molecule is COC(=O)c1nc(C)n(CC(C)SC)c1N. The molecule has 5 nitrogen and oxygen atoms in total. The van der Waals surface area contributed by atoms with E-state index in [9.17, 15) is 4.79 Å². The lowest BCUT2D eigenvalue weighted by molar-refractivity contribution is 0.0595. The van der Waals surface area contributed by atoms with Gasteiger partial charge < -0.3 is 15.0 Å². The highest BCUT2D eigenvalue weighted by molar-refractivity contribution is 7.99. The van der Waals surface area contributed by atoms with E-state index >= 15 is 0 Å². The summed E-state index contributed by atoms with van der Waals surface area (Å²) >= 11 is 1.74. The number of aryl methyl sites for hydroxylation is 1. The number of aromatic nitrogens is 2. The molecule has 0 aliphatic heterocycles. The molecule has 0 bridgehead atoms. The Hall–Kier alpha value is -1.17. The second-order valence-electron chi connectivity index (χ2n) is 3.54. The normalized spacial score (nSPS) is 12.5. The Bertz CT molecular complexity index is 390. The number of thioether (sulfide) groups is 1. The molecule has 1 rings (SSSR count). The predicted octanol–water partition coefficient (Wildman–Crippen LogP) is 1.31. The predicted molar refractivity (Wildman–Crippen MR) is 65.7 cm³/mol. The lowest BCUT2D eigenvalue weighted by Crippen LogP contribution is -2.14. The van der Waals surface area contributed by atoms with Gasteiger partial charge in [0.25, 0.3) is 0 Å². The highest BCUT2D eigenvalue weighted by Crippen LogP contribution is 2.18. The molecule has 0 aliphatic rings. The van der Waals surface area contributed by atoms with E-state index in [0.29, 0.717) is 11.1 Å². The number of esters is 1. The molecule has 0 saturated heterocycles. The number of nitrogens with zero attached hydrogens (tertiary/aromatic N) is 2. The summed E-state index contributed by atoms with van der Waals surface area (Å²) in [5.74, 6) is 0.625. The minimum atomic E-state index is -0.490. The van der Waals surface area contributed by atoms with Gasteiger partial charge in [-0.2, -0.15) is 11.8 Å². The summed E-state index contributed by atoms with van der Waals surface area (Å²) in [7, 11) is 1.32. The van der Waals surface area contributed by atoms with Gasteiger partial charge in [-0.25, -0.2) is 9.78 Å². The molecule has 16 heavy (non-hydrogen) atoms. The third-order valence-electron chi connectivity index (χ3n) is 2.42. The number of carbonyl (C=O) groups is 1. The molecule has 0 aliphatic carbocycles. The molecular formula is C10H17N3O2S. The van der Waals surface area contributed by atoms with Gasteiger partial charge in [0, 0.05) is 11.8 Å². The van der Waals surface area contributed by atoms with Crippen LogP contribution in [0.5, 0.6) is 0 Å². The molecule has 1 aromatic rings. The molecule has 1 heterocycles. The van der Waals surface area contributed by atoms with Crippen LogP contribution in [0.3, 0.4) is 0 Å². The molecule has 1 aromatic heterocycles. The van der Waals surface area contributed by atoms with E-state index < -0.39 is 5.97 Å². The van der Waals surface area contributed by atoms with Crippen molar-refractivity contribution in [2.24, 2.45) is 0 Å². The summed E-state index contributed by atoms with van der Waals surface area (Å²) in [6, 6.07) is 0. The van der Waals surface area contributed by atoms with Gasteiger partial charge in [-0.15, -0.1) is 0 Å². The Morgan fingerprint density at radius 2 is 2.31 bits per heavy atom. The molecule has 0 spiro atoms. The van der Waals surface area contributed by atoms with Crippen molar-refractivity contribution in [1.82, 2.24) is 9.55 Å². The van der Waals surface area contributed by atoms with E-state index in [4.69, 9.17) is 5.73 Å². The van der Waals surface area contributed by atoms with Gasteiger partial charge in [-0.1, -0.05) is 6.92 Å². The summed E-state index contributed by atoms with van der Waals surface area (Å²) < 4.78 is 6.46. The van der Waals surface area contributed by atoms with Gasteiger partial charge in [0.05, 0.1) is 7.11 Å². The summed E-state index contributed by atoms with van der Waals surface area (Å²) in [6.07, 6.45) is 2.04. The number of methoxy groups -OCH3 is 1. The van der Waals surface area contributed by atoms with Crippen molar-refractivity contribution in [2.75, 3.05) is 19.1 Å². The fourth-order valence-electron chi connectivity index (χ4n) is 1.39. The Morgan fingerprint density at radius 3 is 2.81 bits per heavy atom. The van der Waals surface area contributed by atoms with Gasteiger partial charge >= 0.3 is 5.97 Å². The van der Waals surface area contributed by atoms with Gasteiger partial charge in [0.2, 0.25) is 0 Å². The summed E-state index contributed by atoms with van der Waals surface area (Å²) in [4.78, 5) is 15.5. The van der Waals surface area contributed by atoms with E-state index in [-0.39, 0.29) is 5.69 Å². The number of rotatable bonds is 4. The lowest BCUT2D eigenvalue weighted by Gasteiger charge is -2.12. The third-order valence-corrected chi connectivity index (χ3v) is 3.37. The fraction of sp³-hybridized carbons (Fsp3) is 0.600. The van der Waals surface area contributed by atoms with Crippen molar-refractivity contribution in [3.63, 3.8) is 0 Å². The molecule has 90 valence electrons. The average Bonchev–Trinajstić information content (AvgIpc) is 2.55. The second kappa shape index (κ2) is 5.25. The molecule has 0 amide bonds. The molecular weight excluding hydrogens is 226 g/mol. The van der Waals surface area contributed by atoms with Crippen LogP contribution in [0.25, 0.3) is 0 Å². The van der Waals surface area contributed by atoms with Gasteiger partial charge in [-0.05, 0) is 13.2 Å². The summed E-state index contributed by atoms with van der Waals surface area (Å²) in [5.41, 5.74) is 6.08. The minimum absolute atomic E-state index is 0.202. The number of carbonyl (C=O) groups excluding carboxylic acids is 1. The van der Waals surface area contributed by atoms with E-state index in [2.05, 4.69) is 16.6 Å².